The first-order valence-electron chi connectivity index (χ1n) is 6.76. The molecule has 0 spiro atoms. The summed E-state index contributed by atoms with van der Waals surface area (Å²) in [4.78, 5) is 31.9. The highest BCUT2D eigenvalue weighted by molar-refractivity contribution is 5.83. The number of carboxylic acid groups (broad SMARTS) is 1. The van der Waals surface area contributed by atoms with Crippen molar-refractivity contribution in [2.24, 2.45) is 0 Å². The molecule has 0 bridgehead atoms. The van der Waals surface area contributed by atoms with Crippen LogP contribution in [-0.4, -0.2) is 63.3 Å². The van der Waals surface area contributed by atoms with Crippen molar-refractivity contribution in [3.8, 4) is 0 Å². The van der Waals surface area contributed by atoms with Crippen molar-refractivity contribution < 1.29 is 19.4 Å². The largest absolute Gasteiger partial charge is 0.480 e. The zero-order chi connectivity index (χ0) is 15.5. The normalized spacial score (nSPS) is 19.0. The van der Waals surface area contributed by atoms with Crippen LogP contribution in [0.4, 0.5) is 4.79 Å². The number of rotatable bonds is 4. The summed E-state index contributed by atoms with van der Waals surface area (Å²) < 4.78 is 5.35. The number of hydrogen-bond donors (Lipinski definition) is 3. The Morgan fingerprint density at radius 3 is 2.95 bits per heavy atom. The van der Waals surface area contributed by atoms with Crippen molar-refractivity contribution in [1.29, 1.82) is 0 Å². The molecule has 0 aliphatic carbocycles. The molecule has 1 aromatic heterocycles. The van der Waals surface area contributed by atoms with Gasteiger partial charge in [0, 0.05) is 24.9 Å². The summed E-state index contributed by atoms with van der Waals surface area (Å²) in [6.07, 6.45) is 3.17. The van der Waals surface area contributed by atoms with Gasteiger partial charge < -0.3 is 25.0 Å². The van der Waals surface area contributed by atoms with Crippen LogP contribution >= 0.6 is 0 Å². The summed E-state index contributed by atoms with van der Waals surface area (Å²) in [5, 5.41) is 11.8. The van der Waals surface area contributed by atoms with E-state index < -0.39 is 23.6 Å². The molecule has 0 radical (unpaired) electrons. The van der Waals surface area contributed by atoms with Crippen LogP contribution in [0.2, 0.25) is 0 Å². The van der Waals surface area contributed by atoms with Crippen LogP contribution in [-0.2, 0) is 16.0 Å². The maximum Gasteiger partial charge on any atom is 0.326 e. The zero-order valence-electron chi connectivity index (χ0n) is 12.1. The van der Waals surface area contributed by atoms with Gasteiger partial charge in [-0.1, -0.05) is 0 Å². The third-order valence-corrected chi connectivity index (χ3v) is 3.47. The second kappa shape index (κ2) is 6.13. The molecule has 1 saturated heterocycles. The van der Waals surface area contributed by atoms with Gasteiger partial charge >= 0.3 is 12.0 Å². The number of nitrogens with zero attached hydrogens (tertiary/aromatic N) is 2. The van der Waals surface area contributed by atoms with Crippen LogP contribution in [0.5, 0.6) is 0 Å². The predicted octanol–water partition coefficient (Wildman–Crippen LogP) is 0.226. The second-order valence-electron chi connectivity index (χ2n) is 5.64. The van der Waals surface area contributed by atoms with E-state index in [-0.39, 0.29) is 6.42 Å². The van der Waals surface area contributed by atoms with Crippen LogP contribution in [0.3, 0.4) is 0 Å². The van der Waals surface area contributed by atoms with Crippen molar-refractivity contribution in [2.45, 2.75) is 31.8 Å². The van der Waals surface area contributed by atoms with Gasteiger partial charge in [0.05, 0.1) is 25.1 Å². The van der Waals surface area contributed by atoms with E-state index in [1.54, 1.807) is 11.1 Å². The highest BCUT2D eigenvalue weighted by atomic mass is 16.5. The summed E-state index contributed by atoms with van der Waals surface area (Å²) in [6.45, 7) is 5.09. The Hall–Kier alpha value is -2.09. The molecular formula is C13H20N4O4. The summed E-state index contributed by atoms with van der Waals surface area (Å²) in [7, 11) is 0. The van der Waals surface area contributed by atoms with Gasteiger partial charge in [0.15, 0.2) is 0 Å². The van der Waals surface area contributed by atoms with Crippen molar-refractivity contribution >= 4 is 12.0 Å². The third-order valence-electron chi connectivity index (χ3n) is 3.47. The van der Waals surface area contributed by atoms with Crippen LogP contribution in [0.15, 0.2) is 12.5 Å². The van der Waals surface area contributed by atoms with Gasteiger partial charge in [0.2, 0.25) is 0 Å². The molecule has 2 amide bonds. The monoisotopic (exact) mass is 296 g/mol. The van der Waals surface area contributed by atoms with Crippen molar-refractivity contribution in [1.82, 2.24) is 20.2 Å². The lowest BCUT2D eigenvalue weighted by molar-refractivity contribution is -0.139. The number of nitrogens with one attached hydrogen (secondary N) is 2. The molecule has 0 aromatic carbocycles. The molecule has 1 aliphatic rings. The van der Waals surface area contributed by atoms with Gasteiger partial charge in [-0.2, -0.15) is 0 Å². The lowest BCUT2D eigenvalue weighted by atomic mass is 10.0. The molecule has 8 nitrogen and oxygen atoms in total. The van der Waals surface area contributed by atoms with Crippen molar-refractivity contribution in [3.05, 3.63) is 18.2 Å². The van der Waals surface area contributed by atoms with E-state index in [0.29, 0.717) is 25.5 Å². The zero-order valence-corrected chi connectivity index (χ0v) is 12.1. The highest BCUT2D eigenvalue weighted by Gasteiger charge is 2.35. The number of H-pyrrole nitrogens is 1. The summed E-state index contributed by atoms with van der Waals surface area (Å²) >= 11 is 0. The fourth-order valence-electron chi connectivity index (χ4n) is 2.28. The molecule has 2 heterocycles. The van der Waals surface area contributed by atoms with E-state index in [1.165, 1.54) is 6.33 Å². The number of aliphatic carboxylic acids is 1. The first-order chi connectivity index (χ1) is 9.90. The van der Waals surface area contributed by atoms with E-state index in [0.717, 1.165) is 0 Å². The predicted molar refractivity (Wildman–Crippen MR) is 73.9 cm³/mol. The van der Waals surface area contributed by atoms with E-state index in [9.17, 15) is 14.7 Å². The van der Waals surface area contributed by atoms with Crippen LogP contribution in [0.25, 0.3) is 0 Å². The topological polar surface area (TPSA) is 108 Å². The number of aromatic nitrogens is 2. The number of carbonyl (C=O) groups is 2. The Bertz CT molecular complexity index is 500. The SMILES string of the molecule is CC1(C)COCCN1C(=O)N[C@H](Cc1cnc[nH]1)C(=O)O. The molecule has 116 valence electrons. The molecule has 21 heavy (non-hydrogen) atoms. The van der Waals surface area contributed by atoms with Gasteiger partial charge in [-0.3, -0.25) is 0 Å². The number of aromatic amines is 1. The van der Waals surface area contributed by atoms with E-state index in [1.807, 2.05) is 13.8 Å². The smallest absolute Gasteiger partial charge is 0.326 e. The second-order valence-corrected chi connectivity index (χ2v) is 5.64. The number of hydrogen-bond acceptors (Lipinski definition) is 4. The minimum atomic E-state index is -1.08. The number of imidazole rings is 1. The number of ether oxygens (including phenoxy) is 1. The van der Waals surface area contributed by atoms with E-state index in [4.69, 9.17) is 4.74 Å². The summed E-state index contributed by atoms with van der Waals surface area (Å²) in [6, 6.07) is -1.40. The minimum Gasteiger partial charge on any atom is -0.480 e. The standard InChI is InChI=1S/C13H20N4O4/c1-13(2)7-21-4-3-17(13)12(20)16-10(11(18)19)5-9-6-14-8-15-9/h6,8,10H,3-5,7H2,1-2H3,(H,14,15)(H,16,20)(H,18,19)/t10-/m1/s1. The summed E-state index contributed by atoms with van der Waals surface area (Å²) in [5.74, 6) is -1.08. The maximum absolute atomic E-state index is 12.3. The number of morpholine rings is 1. The Labute approximate surface area is 122 Å². The van der Waals surface area contributed by atoms with Gasteiger partial charge in [-0.05, 0) is 13.8 Å². The van der Waals surface area contributed by atoms with Crippen LogP contribution < -0.4 is 5.32 Å². The van der Waals surface area contributed by atoms with E-state index in [2.05, 4.69) is 15.3 Å². The fourth-order valence-corrected chi connectivity index (χ4v) is 2.28. The molecule has 0 saturated carbocycles. The molecule has 3 N–H and O–H groups in total. The molecule has 1 aliphatic heterocycles. The Morgan fingerprint density at radius 2 is 2.38 bits per heavy atom. The van der Waals surface area contributed by atoms with Crippen LogP contribution in [0, 0.1) is 0 Å². The van der Waals surface area contributed by atoms with Crippen molar-refractivity contribution in [2.75, 3.05) is 19.8 Å². The number of amides is 2. The minimum absolute atomic E-state index is 0.159. The lowest BCUT2D eigenvalue weighted by Gasteiger charge is -2.42. The molecule has 0 unspecified atom stereocenters. The number of carbonyl (C=O) groups excluding carboxylic acids is 1. The fraction of sp³-hybridized carbons (Fsp3) is 0.615. The molecule has 2 rings (SSSR count). The molecular weight excluding hydrogens is 276 g/mol. The van der Waals surface area contributed by atoms with Gasteiger partial charge in [0.1, 0.15) is 6.04 Å². The quantitative estimate of drug-likeness (QED) is 0.737. The number of carboxylic acids is 1. The Kier molecular flexibility index (Phi) is 4.46. The Balaban J connectivity index is 2.02. The molecule has 1 fully saturated rings. The van der Waals surface area contributed by atoms with Gasteiger partial charge in [-0.15, -0.1) is 0 Å². The molecule has 1 aromatic rings. The van der Waals surface area contributed by atoms with Crippen LogP contribution in [0.1, 0.15) is 19.5 Å². The molecule has 1 atom stereocenters. The lowest BCUT2D eigenvalue weighted by Crippen LogP contribution is -2.60. The first-order valence-corrected chi connectivity index (χ1v) is 6.76. The van der Waals surface area contributed by atoms with Gasteiger partial charge in [0.25, 0.3) is 0 Å². The average Bonchev–Trinajstić information content (AvgIpc) is 2.90. The first kappa shape index (κ1) is 15.3. The van der Waals surface area contributed by atoms with Gasteiger partial charge in [-0.25, -0.2) is 14.6 Å². The number of urea groups is 1. The van der Waals surface area contributed by atoms with Crippen molar-refractivity contribution in [3.63, 3.8) is 0 Å². The average molecular weight is 296 g/mol. The Morgan fingerprint density at radius 1 is 1.62 bits per heavy atom. The maximum atomic E-state index is 12.3. The van der Waals surface area contributed by atoms with E-state index >= 15 is 0 Å². The highest BCUT2D eigenvalue weighted by Crippen LogP contribution is 2.19. The molecule has 8 heteroatoms. The third kappa shape index (κ3) is 3.72. The summed E-state index contributed by atoms with van der Waals surface area (Å²) in [5.41, 5.74) is 0.197.